The maximum Gasteiger partial charge on any atom is 0.410 e. The molecule has 1 aliphatic carbocycles. The molecule has 266 valence electrons. The zero-order valence-corrected chi connectivity index (χ0v) is 30.8. The monoisotopic (exact) mass is 693 g/mol. The van der Waals surface area contributed by atoms with E-state index in [1.807, 2.05) is 52.9 Å². The van der Waals surface area contributed by atoms with E-state index in [2.05, 4.69) is 40.5 Å². The topological polar surface area (TPSA) is 131 Å². The molecule has 1 aromatic heterocycles. The second-order valence-corrected chi connectivity index (χ2v) is 15.4. The molecule has 4 rings (SSSR count). The molecule has 0 aliphatic heterocycles. The van der Waals surface area contributed by atoms with E-state index in [1.165, 1.54) is 24.3 Å². The molecule has 1 saturated carbocycles. The highest BCUT2D eigenvalue weighted by atomic mass is 32.2. The number of carbonyl (C=O) groups is 2. The summed E-state index contributed by atoms with van der Waals surface area (Å²) in [6.45, 7) is 12.4. The van der Waals surface area contributed by atoms with Gasteiger partial charge < -0.3 is 14.4 Å². The van der Waals surface area contributed by atoms with Gasteiger partial charge >= 0.3 is 6.09 Å². The fraction of sp³-hybridized carbons (Fsp3) is 0.514. The summed E-state index contributed by atoms with van der Waals surface area (Å²) in [7, 11) is -0.158. The van der Waals surface area contributed by atoms with Crippen LogP contribution in [0.3, 0.4) is 0 Å². The quantitative estimate of drug-likeness (QED) is 0.179. The van der Waals surface area contributed by atoms with Crippen LogP contribution in [0, 0.1) is 19.8 Å². The van der Waals surface area contributed by atoms with Gasteiger partial charge in [-0.2, -0.15) is 4.98 Å². The number of hydrogen-bond donors (Lipinski definition) is 1. The Morgan fingerprint density at radius 3 is 2.20 bits per heavy atom. The van der Waals surface area contributed by atoms with Gasteiger partial charge in [0.25, 0.3) is 10.0 Å². The van der Waals surface area contributed by atoms with Gasteiger partial charge in [-0.1, -0.05) is 44.2 Å². The first kappa shape index (κ1) is 37.8. The van der Waals surface area contributed by atoms with Gasteiger partial charge in [-0.25, -0.2) is 22.9 Å². The van der Waals surface area contributed by atoms with Crippen molar-refractivity contribution >= 4 is 28.4 Å². The molecular formula is C37H51N5O6S. The van der Waals surface area contributed by atoms with E-state index in [0.717, 1.165) is 48.8 Å². The Balaban J connectivity index is 1.57. The molecule has 3 aromatic rings. The van der Waals surface area contributed by atoms with Gasteiger partial charge in [0.1, 0.15) is 12.9 Å². The van der Waals surface area contributed by atoms with E-state index in [9.17, 15) is 18.0 Å². The minimum atomic E-state index is -4.11. The van der Waals surface area contributed by atoms with Crippen molar-refractivity contribution in [2.45, 2.75) is 103 Å². The lowest BCUT2D eigenvalue weighted by Gasteiger charge is -2.41. The summed E-state index contributed by atoms with van der Waals surface area (Å²) in [4.78, 5) is 37.0. The van der Waals surface area contributed by atoms with E-state index >= 15 is 0 Å². The summed E-state index contributed by atoms with van der Waals surface area (Å²) in [5.41, 5.74) is 3.60. The van der Waals surface area contributed by atoms with Crippen molar-refractivity contribution in [3.05, 3.63) is 65.2 Å². The standard InChI is InChI=1S/C37H51N5O6S/c1-24(2)19-31(41(7)29-15-17-30(18-16-29)42(8)37(44)48-25(3)4)23-47-34-21-33(35-26(5)11-9-12-27(35)6)38-36(39-34)40-49(45,46)32-14-10-13-28(20-32)22-43/h9-14,20-22,24-25,29-31H,15-19,23H2,1-8H3,(H,38,39,40)/t29-,30-,31-/m1/s1. The number of ether oxygens (including phenoxy) is 2. The van der Waals surface area contributed by atoms with Gasteiger partial charge in [0.15, 0.2) is 0 Å². The van der Waals surface area contributed by atoms with Crippen molar-refractivity contribution in [3.8, 4) is 17.1 Å². The molecule has 1 atom stereocenters. The first-order valence-electron chi connectivity index (χ1n) is 17.0. The highest BCUT2D eigenvalue weighted by molar-refractivity contribution is 7.92. The highest BCUT2D eigenvalue weighted by Gasteiger charge is 2.32. The van der Waals surface area contributed by atoms with Crippen molar-refractivity contribution < 1.29 is 27.5 Å². The number of aryl methyl sites for hydroxylation is 2. The minimum Gasteiger partial charge on any atom is -0.476 e. The first-order valence-corrected chi connectivity index (χ1v) is 18.5. The SMILES string of the molecule is Cc1cccc(C)c1-c1cc(OC[C@@H](CC(C)C)N(C)[C@H]2CC[C@H](N(C)C(=O)OC(C)C)CC2)nc(NS(=O)(=O)c2cccc(C=O)c2)n1. The van der Waals surface area contributed by atoms with E-state index in [1.54, 1.807) is 11.0 Å². The van der Waals surface area contributed by atoms with Crippen molar-refractivity contribution in [1.82, 2.24) is 19.8 Å². The zero-order chi connectivity index (χ0) is 35.9. The summed E-state index contributed by atoms with van der Waals surface area (Å²) in [5.74, 6) is 0.534. The number of aromatic nitrogens is 2. The number of carbonyl (C=O) groups excluding carboxylic acids is 2. The van der Waals surface area contributed by atoms with Gasteiger partial charge in [0.05, 0.1) is 16.7 Å². The number of amides is 1. The van der Waals surface area contributed by atoms with E-state index in [4.69, 9.17) is 9.47 Å². The van der Waals surface area contributed by atoms with Crippen molar-refractivity contribution in [1.29, 1.82) is 0 Å². The molecule has 1 fully saturated rings. The Labute approximate surface area is 291 Å². The molecule has 0 bridgehead atoms. The van der Waals surface area contributed by atoms with E-state index in [-0.39, 0.29) is 46.6 Å². The number of aldehydes is 1. The van der Waals surface area contributed by atoms with Crippen LogP contribution < -0.4 is 9.46 Å². The average molecular weight is 694 g/mol. The number of sulfonamides is 1. The first-order chi connectivity index (χ1) is 23.2. The molecule has 1 heterocycles. The molecule has 1 aliphatic rings. The molecule has 11 nitrogen and oxygen atoms in total. The lowest BCUT2D eigenvalue weighted by molar-refractivity contribution is 0.0458. The third-order valence-corrected chi connectivity index (χ3v) is 10.5. The molecule has 2 aromatic carbocycles. The fourth-order valence-corrected chi connectivity index (χ4v) is 7.49. The Kier molecular flexibility index (Phi) is 12.8. The van der Waals surface area contributed by atoms with Crippen LogP contribution in [0.4, 0.5) is 10.7 Å². The smallest absolute Gasteiger partial charge is 0.410 e. The number of hydrogen-bond acceptors (Lipinski definition) is 9. The fourth-order valence-electron chi connectivity index (χ4n) is 6.49. The predicted octanol–water partition coefficient (Wildman–Crippen LogP) is 6.89. The van der Waals surface area contributed by atoms with Crippen molar-refractivity contribution in [3.63, 3.8) is 0 Å². The number of likely N-dealkylation sites (N-methyl/N-ethyl adjacent to an activating group) is 1. The normalized spacial score (nSPS) is 17.2. The molecule has 0 spiro atoms. The van der Waals surface area contributed by atoms with Crippen LogP contribution in [0.1, 0.15) is 81.3 Å². The number of anilines is 1. The van der Waals surface area contributed by atoms with Crippen LogP contribution >= 0.6 is 0 Å². The second kappa shape index (κ2) is 16.6. The summed E-state index contributed by atoms with van der Waals surface area (Å²) in [6.07, 6.45) is 4.71. The third-order valence-electron chi connectivity index (χ3n) is 9.13. The minimum absolute atomic E-state index is 0.0648. The molecule has 12 heteroatoms. The summed E-state index contributed by atoms with van der Waals surface area (Å²) in [5, 5.41) is 0. The van der Waals surface area contributed by atoms with Gasteiger partial charge in [-0.05, 0) is 96.0 Å². The van der Waals surface area contributed by atoms with Crippen LogP contribution in [0.2, 0.25) is 0 Å². The van der Waals surface area contributed by atoms with Crippen LogP contribution in [0.15, 0.2) is 53.4 Å². The van der Waals surface area contributed by atoms with Crippen LogP contribution in [0.5, 0.6) is 5.88 Å². The Bertz CT molecular complexity index is 1680. The summed E-state index contributed by atoms with van der Waals surface area (Å²) in [6, 6.07) is 14.0. The average Bonchev–Trinajstić information content (AvgIpc) is 3.05. The van der Waals surface area contributed by atoms with Crippen LogP contribution in [-0.2, 0) is 14.8 Å². The number of nitrogens with zero attached hydrogens (tertiary/aromatic N) is 4. The Morgan fingerprint density at radius 2 is 1.59 bits per heavy atom. The maximum atomic E-state index is 13.4. The Hall–Kier alpha value is -4.03. The second-order valence-electron chi connectivity index (χ2n) is 13.7. The molecular weight excluding hydrogens is 643 g/mol. The molecule has 1 N–H and O–H groups in total. The van der Waals surface area contributed by atoms with Crippen molar-refractivity contribution in [2.75, 3.05) is 25.4 Å². The zero-order valence-electron chi connectivity index (χ0n) is 30.0. The van der Waals surface area contributed by atoms with Gasteiger partial charge in [-0.15, -0.1) is 0 Å². The molecule has 0 radical (unpaired) electrons. The van der Waals surface area contributed by atoms with E-state index < -0.39 is 10.0 Å². The lowest BCUT2D eigenvalue weighted by atomic mass is 9.88. The molecule has 0 saturated heterocycles. The number of rotatable bonds is 14. The largest absolute Gasteiger partial charge is 0.476 e. The summed E-state index contributed by atoms with van der Waals surface area (Å²) < 4.78 is 41.1. The highest BCUT2D eigenvalue weighted by Crippen LogP contribution is 2.31. The van der Waals surface area contributed by atoms with Gasteiger partial charge in [0.2, 0.25) is 11.8 Å². The van der Waals surface area contributed by atoms with Crippen LogP contribution in [-0.4, -0.2) is 85.5 Å². The third kappa shape index (κ3) is 10.0. The van der Waals surface area contributed by atoms with Crippen molar-refractivity contribution in [2.24, 2.45) is 5.92 Å². The van der Waals surface area contributed by atoms with Crippen LogP contribution in [0.25, 0.3) is 11.3 Å². The molecule has 0 unspecified atom stereocenters. The molecule has 49 heavy (non-hydrogen) atoms. The summed E-state index contributed by atoms with van der Waals surface area (Å²) >= 11 is 0. The lowest BCUT2D eigenvalue weighted by Crippen LogP contribution is -2.48. The molecule has 1 amide bonds. The predicted molar refractivity (Wildman–Crippen MR) is 192 cm³/mol. The number of benzene rings is 2. The Morgan fingerprint density at radius 1 is 0.959 bits per heavy atom. The number of nitrogens with one attached hydrogen (secondary N) is 1. The van der Waals surface area contributed by atoms with Gasteiger partial charge in [-0.3, -0.25) is 9.69 Å². The van der Waals surface area contributed by atoms with E-state index in [0.29, 0.717) is 30.5 Å². The maximum absolute atomic E-state index is 13.4. The van der Waals surface area contributed by atoms with Gasteiger partial charge in [0, 0.05) is 42.4 Å².